The minimum absolute atomic E-state index is 0.0996. The summed E-state index contributed by atoms with van der Waals surface area (Å²) in [5, 5.41) is 18.3. The molecule has 1 amide bonds. The Bertz CT molecular complexity index is 1570. The van der Waals surface area contributed by atoms with Crippen LogP contribution in [0.3, 0.4) is 0 Å². The van der Waals surface area contributed by atoms with Gasteiger partial charge in [-0.15, -0.1) is 0 Å². The first-order valence-electron chi connectivity index (χ1n) is 12.4. The number of methoxy groups -OCH3 is 1. The third-order valence-corrected chi connectivity index (χ3v) is 6.69. The number of hydrogen-bond acceptors (Lipinski definition) is 8. The molecule has 5 rings (SSSR count). The lowest BCUT2D eigenvalue weighted by Gasteiger charge is -2.28. The zero-order valence-corrected chi connectivity index (χ0v) is 22.7. The molecule has 0 saturated carbocycles. The summed E-state index contributed by atoms with van der Waals surface area (Å²) < 4.78 is 32.9. The molecule has 12 heteroatoms. The van der Waals surface area contributed by atoms with Gasteiger partial charge in [0.25, 0.3) is 5.91 Å². The molecule has 1 aromatic heterocycles. The number of benzene rings is 3. The summed E-state index contributed by atoms with van der Waals surface area (Å²) >= 11 is 6.15. The molecule has 2 heterocycles. The zero-order valence-electron chi connectivity index (χ0n) is 21.9. The van der Waals surface area contributed by atoms with Crippen LogP contribution in [0.2, 0.25) is 5.02 Å². The molecule has 0 spiro atoms. The molecule has 3 aromatic carbocycles. The van der Waals surface area contributed by atoms with Crippen LogP contribution in [0.4, 0.5) is 16.0 Å². The van der Waals surface area contributed by atoms with Gasteiger partial charge in [-0.25, -0.2) is 4.39 Å². The van der Waals surface area contributed by atoms with Gasteiger partial charge in [0.05, 0.1) is 30.0 Å². The van der Waals surface area contributed by atoms with E-state index in [1.165, 1.54) is 23.9 Å². The number of ether oxygens (including phenoxy) is 3. The maximum absolute atomic E-state index is 14.3. The lowest BCUT2D eigenvalue weighted by atomic mass is 9.94. The van der Waals surface area contributed by atoms with Crippen LogP contribution in [-0.2, 0) is 11.4 Å². The highest BCUT2D eigenvalue weighted by Gasteiger charge is 2.35. The van der Waals surface area contributed by atoms with E-state index >= 15 is 0 Å². The monoisotopic (exact) mass is 564 g/mol. The normalized spacial score (nSPS) is 14.3. The second-order valence-electron chi connectivity index (χ2n) is 8.80. The molecule has 0 bridgehead atoms. The van der Waals surface area contributed by atoms with Crippen LogP contribution >= 0.6 is 11.6 Å². The van der Waals surface area contributed by atoms with Gasteiger partial charge < -0.3 is 24.8 Å². The average molecular weight is 565 g/mol. The topological polar surface area (TPSA) is 112 Å². The predicted octanol–water partition coefficient (Wildman–Crippen LogP) is 5.38. The van der Waals surface area contributed by atoms with Crippen molar-refractivity contribution in [2.24, 2.45) is 0 Å². The van der Waals surface area contributed by atoms with Crippen molar-refractivity contribution >= 4 is 29.1 Å². The minimum atomic E-state index is -0.700. The molecule has 1 aliphatic rings. The Morgan fingerprint density at radius 3 is 2.70 bits per heavy atom. The minimum Gasteiger partial charge on any atom is -0.493 e. The van der Waals surface area contributed by atoms with Gasteiger partial charge in [-0.2, -0.15) is 4.68 Å². The fraction of sp³-hybridized carbons (Fsp3) is 0.214. The number of carbonyl (C=O) groups is 1. The van der Waals surface area contributed by atoms with E-state index in [2.05, 4.69) is 26.2 Å². The van der Waals surface area contributed by atoms with E-state index in [1.54, 1.807) is 43.3 Å². The Morgan fingerprint density at radius 2 is 1.93 bits per heavy atom. The highest BCUT2D eigenvalue weighted by molar-refractivity contribution is 6.31. The SMILES string of the molecule is CCOc1ccccc1NC(=O)C1=C(C)Nc2nnnn2C1c1ccc(OCc2c(F)cccc2Cl)c(OC)c1. The van der Waals surface area contributed by atoms with Crippen molar-refractivity contribution in [2.75, 3.05) is 24.4 Å². The summed E-state index contributed by atoms with van der Waals surface area (Å²) in [7, 11) is 1.49. The molecule has 1 unspecified atom stereocenters. The Balaban J connectivity index is 1.48. The fourth-order valence-corrected chi connectivity index (χ4v) is 4.67. The van der Waals surface area contributed by atoms with Gasteiger partial charge in [-0.1, -0.05) is 41.0 Å². The number of aromatic nitrogens is 4. The summed E-state index contributed by atoms with van der Waals surface area (Å²) in [5.41, 5.74) is 2.39. The summed E-state index contributed by atoms with van der Waals surface area (Å²) in [6, 6.07) is 16.1. The van der Waals surface area contributed by atoms with Gasteiger partial charge in [-0.3, -0.25) is 4.79 Å². The average Bonchev–Trinajstić information content (AvgIpc) is 3.41. The number of para-hydroxylation sites is 2. The van der Waals surface area contributed by atoms with E-state index in [9.17, 15) is 9.18 Å². The highest BCUT2D eigenvalue weighted by Crippen LogP contribution is 2.39. The van der Waals surface area contributed by atoms with Crippen molar-refractivity contribution < 1.29 is 23.4 Å². The first-order chi connectivity index (χ1) is 19.4. The van der Waals surface area contributed by atoms with Crippen molar-refractivity contribution in [1.82, 2.24) is 20.2 Å². The van der Waals surface area contributed by atoms with E-state index < -0.39 is 11.9 Å². The number of anilines is 2. The van der Waals surface area contributed by atoms with E-state index in [0.29, 0.717) is 52.3 Å². The lowest BCUT2D eigenvalue weighted by Crippen LogP contribution is -2.31. The molecule has 0 aliphatic carbocycles. The number of allylic oxidation sites excluding steroid dienone is 1. The van der Waals surface area contributed by atoms with Crippen molar-refractivity contribution in [3.63, 3.8) is 0 Å². The third-order valence-electron chi connectivity index (χ3n) is 6.33. The molecule has 10 nitrogen and oxygen atoms in total. The molecule has 1 atom stereocenters. The predicted molar refractivity (Wildman–Crippen MR) is 147 cm³/mol. The van der Waals surface area contributed by atoms with E-state index in [0.717, 1.165) is 0 Å². The summed E-state index contributed by atoms with van der Waals surface area (Å²) in [4.78, 5) is 13.7. The van der Waals surface area contributed by atoms with Crippen LogP contribution in [0.15, 0.2) is 71.9 Å². The number of nitrogens with zero attached hydrogens (tertiary/aromatic N) is 4. The first kappa shape index (κ1) is 26.9. The van der Waals surface area contributed by atoms with Gasteiger partial charge >= 0.3 is 0 Å². The van der Waals surface area contributed by atoms with Crippen molar-refractivity contribution in [3.8, 4) is 17.2 Å². The molecule has 0 fully saturated rings. The molecular formula is C28H26ClFN6O4. The van der Waals surface area contributed by atoms with Crippen LogP contribution in [0.1, 0.15) is 31.0 Å². The quantitative estimate of drug-likeness (QED) is 0.279. The van der Waals surface area contributed by atoms with Crippen LogP contribution in [0, 0.1) is 5.82 Å². The Labute approximate surface area is 234 Å². The number of carbonyl (C=O) groups excluding carboxylic acids is 1. The van der Waals surface area contributed by atoms with Crippen LogP contribution in [0.5, 0.6) is 17.2 Å². The number of amides is 1. The van der Waals surface area contributed by atoms with Crippen LogP contribution < -0.4 is 24.8 Å². The van der Waals surface area contributed by atoms with Gasteiger partial charge in [-0.05, 0) is 66.2 Å². The maximum Gasteiger partial charge on any atom is 0.255 e. The van der Waals surface area contributed by atoms with Gasteiger partial charge in [0.1, 0.15) is 24.2 Å². The number of nitrogens with one attached hydrogen (secondary N) is 2. The third kappa shape index (κ3) is 5.28. The largest absolute Gasteiger partial charge is 0.493 e. The second kappa shape index (κ2) is 11.6. The van der Waals surface area contributed by atoms with E-state index in [-0.39, 0.29) is 23.1 Å². The molecule has 0 saturated heterocycles. The first-order valence-corrected chi connectivity index (χ1v) is 12.8. The smallest absolute Gasteiger partial charge is 0.255 e. The highest BCUT2D eigenvalue weighted by atomic mass is 35.5. The number of rotatable bonds is 9. The van der Waals surface area contributed by atoms with E-state index in [1.807, 2.05) is 19.1 Å². The fourth-order valence-electron chi connectivity index (χ4n) is 4.45. The summed E-state index contributed by atoms with van der Waals surface area (Å²) in [6.45, 7) is 4.00. The van der Waals surface area contributed by atoms with Gasteiger partial charge in [0.15, 0.2) is 11.5 Å². The molecule has 206 valence electrons. The molecule has 40 heavy (non-hydrogen) atoms. The Hall–Kier alpha value is -4.64. The zero-order chi connectivity index (χ0) is 28.2. The number of halogens is 2. The number of fused-ring (bicyclic) bond motifs is 1. The van der Waals surface area contributed by atoms with Crippen molar-refractivity contribution in [3.05, 3.63) is 93.9 Å². The Kier molecular flexibility index (Phi) is 7.83. The summed E-state index contributed by atoms with van der Waals surface area (Å²) in [6.07, 6.45) is 0. The number of hydrogen-bond donors (Lipinski definition) is 2. The Morgan fingerprint density at radius 1 is 1.10 bits per heavy atom. The van der Waals surface area contributed by atoms with Gasteiger partial charge in [0, 0.05) is 11.3 Å². The summed E-state index contributed by atoms with van der Waals surface area (Å²) in [5.74, 6) is 0.842. The standard InChI is InChI=1S/C28H26ClFN6O4/c1-4-39-22-11-6-5-10-21(22)32-27(37)25-16(2)31-28-33-34-35-36(28)26(25)17-12-13-23(24(14-17)38-3)40-15-18-19(29)8-7-9-20(18)30/h5-14,26H,4,15H2,1-3H3,(H,32,37)(H,31,33,35). The van der Waals surface area contributed by atoms with Crippen LogP contribution in [0.25, 0.3) is 0 Å². The molecule has 1 aliphatic heterocycles. The van der Waals surface area contributed by atoms with E-state index in [4.69, 9.17) is 25.8 Å². The number of tetrazole rings is 1. The molecule has 4 aromatic rings. The van der Waals surface area contributed by atoms with Gasteiger partial charge in [0.2, 0.25) is 5.95 Å². The second-order valence-corrected chi connectivity index (χ2v) is 9.20. The van der Waals surface area contributed by atoms with Crippen molar-refractivity contribution in [2.45, 2.75) is 26.5 Å². The lowest BCUT2D eigenvalue weighted by molar-refractivity contribution is -0.113. The maximum atomic E-state index is 14.3. The molecule has 0 radical (unpaired) electrons. The van der Waals surface area contributed by atoms with Crippen molar-refractivity contribution in [1.29, 1.82) is 0 Å². The molecule has 2 N–H and O–H groups in total. The van der Waals surface area contributed by atoms with Crippen LogP contribution in [-0.4, -0.2) is 39.8 Å². The molecular weight excluding hydrogens is 539 g/mol.